The van der Waals surface area contributed by atoms with Crippen LogP contribution in [0.5, 0.6) is 0 Å². The summed E-state index contributed by atoms with van der Waals surface area (Å²) in [5.41, 5.74) is 2.66. The summed E-state index contributed by atoms with van der Waals surface area (Å²) in [5, 5.41) is 6.55. The number of aromatic nitrogens is 3. The third-order valence-electron chi connectivity index (χ3n) is 5.30. The molecule has 1 aromatic carbocycles. The Morgan fingerprint density at radius 3 is 2.89 bits per heavy atom. The molecule has 4 rings (SSSR count). The number of hydrogen-bond acceptors (Lipinski definition) is 4. The molecular weight excluding hydrogens is 350 g/mol. The van der Waals surface area contributed by atoms with Gasteiger partial charge in [0.2, 0.25) is 0 Å². The largest absolute Gasteiger partial charge is 0.297 e. The Labute approximate surface area is 163 Å². The van der Waals surface area contributed by atoms with Gasteiger partial charge in [0.25, 0.3) is 5.56 Å². The van der Waals surface area contributed by atoms with Crippen molar-refractivity contribution >= 4 is 22.1 Å². The second-order valence-electron chi connectivity index (χ2n) is 7.60. The molecule has 2 aromatic heterocycles. The number of allylic oxidation sites excluding steroid dienone is 2. The van der Waals surface area contributed by atoms with Crippen LogP contribution in [0.3, 0.4) is 0 Å². The molecule has 0 fully saturated rings. The molecular formula is C23H23N3O2. The second-order valence-corrected chi connectivity index (χ2v) is 7.60. The summed E-state index contributed by atoms with van der Waals surface area (Å²) in [6, 6.07) is 11.1. The van der Waals surface area contributed by atoms with E-state index in [0.717, 1.165) is 41.3 Å². The molecule has 0 saturated carbocycles. The van der Waals surface area contributed by atoms with Crippen LogP contribution < -0.4 is 5.56 Å². The van der Waals surface area contributed by atoms with Gasteiger partial charge < -0.3 is 0 Å². The lowest BCUT2D eigenvalue weighted by atomic mass is 9.90. The van der Waals surface area contributed by atoms with Crippen molar-refractivity contribution in [2.24, 2.45) is 5.92 Å². The van der Waals surface area contributed by atoms with Crippen LogP contribution in [-0.2, 0) is 17.8 Å². The van der Waals surface area contributed by atoms with E-state index in [1.54, 1.807) is 18.5 Å². The van der Waals surface area contributed by atoms with E-state index in [2.05, 4.69) is 23.1 Å². The Hall–Kier alpha value is -3.08. The van der Waals surface area contributed by atoms with Crippen LogP contribution in [0, 0.1) is 5.92 Å². The quantitative estimate of drug-likeness (QED) is 0.682. The number of carbonyl (C=O) groups excluding carboxylic acids is 1. The predicted octanol–water partition coefficient (Wildman–Crippen LogP) is 3.81. The number of nitrogens with zero attached hydrogens (tertiary/aromatic N) is 3. The molecule has 28 heavy (non-hydrogen) atoms. The van der Waals surface area contributed by atoms with Gasteiger partial charge in [-0.15, -0.1) is 0 Å². The Morgan fingerprint density at radius 2 is 2.07 bits per heavy atom. The van der Waals surface area contributed by atoms with Gasteiger partial charge in [-0.05, 0) is 53.8 Å². The molecule has 0 spiro atoms. The zero-order chi connectivity index (χ0) is 19.5. The molecule has 2 heterocycles. The lowest BCUT2D eigenvalue weighted by molar-refractivity contribution is -0.119. The van der Waals surface area contributed by atoms with E-state index in [4.69, 9.17) is 0 Å². The first-order valence-corrected chi connectivity index (χ1v) is 9.70. The average molecular weight is 373 g/mol. The molecule has 0 radical (unpaired) electrons. The number of rotatable bonds is 5. The highest BCUT2D eigenvalue weighted by atomic mass is 16.1. The maximum Gasteiger partial charge on any atom is 0.267 e. The third-order valence-corrected chi connectivity index (χ3v) is 5.30. The van der Waals surface area contributed by atoms with Crippen molar-refractivity contribution in [3.05, 3.63) is 76.5 Å². The van der Waals surface area contributed by atoms with E-state index < -0.39 is 0 Å². The van der Waals surface area contributed by atoms with Gasteiger partial charge in [0.05, 0.1) is 5.69 Å². The van der Waals surface area contributed by atoms with Gasteiger partial charge in [0, 0.05) is 30.3 Å². The molecule has 5 heteroatoms. The maximum absolute atomic E-state index is 12.6. The summed E-state index contributed by atoms with van der Waals surface area (Å²) in [6.45, 7) is 2.23. The first-order valence-electron chi connectivity index (χ1n) is 9.70. The standard InChI is InChI=1S/C23H23N3O2/c1-16-2-5-18(6-3-16)22-8-9-23(28)26(25-22)15-21(27)13-17-4-7-20-14-24-11-10-19(20)12-17/h4-5,7-12,14,16H,2-3,6,13,15H2,1H3. The monoisotopic (exact) mass is 373 g/mol. The highest BCUT2D eigenvalue weighted by molar-refractivity contribution is 5.85. The highest BCUT2D eigenvalue weighted by Gasteiger charge is 2.14. The first kappa shape index (κ1) is 18.3. The summed E-state index contributed by atoms with van der Waals surface area (Å²) in [6.07, 6.45) is 9.15. The van der Waals surface area contributed by atoms with Crippen molar-refractivity contribution in [1.29, 1.82) is 0 Å². The van der Waals surface area contributed by atoms with Crippen molar-refractivity contribution in [3.63, 3.8) is 0 Å². The number of Topliss-reactive ketones (excluding diaryl/α,β-unsaturated/α-hetero) is 1. The van der Waals surface area contributed by atoms with Crippen LogP contribution in [0.1, 0.15) is 37.4 Å². The average Bonchev–Trinajstić information content (AvgIpc) is 2.70. The van der Waals surface area contributed by atoms with Crippen LogP contribution in [0.15, 0.2) is 59.7 Å². The fraction of sp³-hybridized carbons (Fsp3) is 0.304. The lowest BCUT2D eigenvalue weighted by Crippen LogP contribution is -2.27. The molecule has 1 aliphatic rings. The molecule has 0 bridgehead atoms. The summed E-state index contributed by atoms with van der Waals surface area (Å²) >= 11 is 0. The highest BCUT2D eigenvalue weighted by Crippen LogP contribution is 2.28. The van der Waals surface area contributed by atoms with Crippen LogP contribution >= 0.6 is 0 Å². The van der Waals surface area contributed by atoms with E-state index in [0.29, 0.717) is 5.92 Å². The van der Waals surface area contributed by atoms with Gasteiger partial charge in [0.15, 0.2) is 5.78 Å². The van der Waals surface area contributed by atoms with Gasteiger partial charge in [-0.1, -0.05) is 31.2 Å². The minimum absolute atomic E-state index is 0.00919. The zero-order valence-corrected chi connectivity index (χ0v) is 16.0. The number of fused-ring (bicyclic) bond motifs is 1. The minimum Gasteiger partial charge on any atom is -0.297 e. The Balaban J connectivity index is 1.50. The fourth-order valence-electron chi connectivity index (χ4n) is 3.62. The first-order chi connectivity index (χ1) is 13.6. The van der Waals surface area contributed by atoms with Gasteiger partial charge >= 0.3 is 0 Å². The Kier molecular flexibility index (Phi) is 5.15. The number of ketones is 1. The second kappa shape index (κ2) is 7.89. The van der Waals surface area contributed by atoms with E-state index in [1.807, 2.05) is 24.3 Å². The van der Waals surface area contributed by atoms with E-state index in [-0.39, 0.29) is 24.3 Å². The molecule has 0 aliphatic heterocycles. The SMILES string of the molecule is CC1CC=C(c2ccc(=O)n(CC(=O)Cc3ccc4cnccc4c3)n2)CC1. The smallest absolute Gasteiger partial charge is 0.267 e. The summed E-state index contributed by atoms with van der Waals surface area (Å²) < 4.78 is 1.29. The molecule has 1 unspecified atom stereocenters. The molecule has 0 N–H and O–H groups in total. The number of pyridine rings is 1. The van der Waals surface area contributed by atoms with Gasteiger partial charge in [0.1, 0.15) is 6.54 Å². The van der Waals surface area contributed by atoms with Crippen LogP contribution in [-0.4, -0.2) is 20.5 Å². The van der Waals surface area contributed by atoms with Crippen LogP contribution in [0.2, 0.25) is 0 Å². The van der Waals surface area contributed by atoms with E-state index >= 15 is 0 Å². The Morgan fingerprint density at radius 1 is 1.18 bits per heavy atom. The normalized spacial score (nSPS) is 16.8. The van der Waals surface area contributed by atoms with Crippen LogP contribution in [0.25, 0.3) is 16.3 Å². The van der Waals surface area contributed by atoms with Crippen molar-refractivity contribution < 1.29 is 4.79 Å². The van der Waals surface area contributed by atoms with Crippen molar-refractivity contribution in [1.82, 2.24) is 14.8 Å². The Bertz CT molecular complexity index is 1110. The van der Waals surface area contributed by atoms with Crippen LogP contribution in [0.4, 0.5) is 0 Å². The topological polar surface area (TPSA) is 64.8 Å². The zero-order valence-electron chi connectivity index (χ0n) is 16.0. The number of benzene rings is 1. The summed E-state index contributed by atoms with van der Waals surface area (Å²) in [7, 11) is 0. The van der Waals surface area contributed by atoms with Gasteiger partial charge in [-0.3, -0.25) is 14.6 Å². The van der Waals surface area contributed by atoms with Crippen molar-refractivity contribution in [2.45, 2.75) is 39.2 Å². The molecule has 3 aromatic rings. The third kappa shape index (κ3) is 4.09. The minimum atomic E-state index is -0.244. The van der Waals surface area contributed by atoms with E-state index in [9.17, 15) is 9.59 Å². The van der Waals surface area contributed by atoms with Crippen molar-refractivity contribution in [2.75, 3.05) is 0 Å². The fourth-order valence-corrected chi connectivity index (χ4v) is 3.62. The molecule has 0 amide bonds. The van der Waals surface area contributed by atoms with Crippen molar-refractivity contribution in [3.8, 4) is 0 Å². The molecule has 0 saturated heterocycles. The predicted molar refractivity (Wildman–Crippen MR) is 110 cm³/mol. The lowest BCUT2D eigenvalue weighted by Gasteiger charge is -2.18. The molecule has 142 valence electrons. The summed E-state index contributed by atoms with van der Waals surface area (Å²) in [4.78, 5) is 28.9. The number of hydrogen-bond donors (Lipinski definition) is 0. The molecule has 5 nitrogen and oxygen atoms in total. The van der Waals surface area contributed by atoms with E-state index in [1.165, 1.54) is 16.3 Å². The summed E-state index contributed by atoms with van der Waals surface area (Å²) in [5.74, 6) is 0.653. The molecule has 1 atom stereocenters. The maximum atomic E-state index is 12.6. The van der Waals surface area contributed by atoms with Gasteiger partial charge in [-0.25, -0.2) is 4.68 Å². The molecule has 1 aliphatic carbocycles. The van der Waals surface area contributed by atoms with Gasteiger partial charge in [-0.2, -0.15) is 5.10 Å². The number of carbonyl (C=O) groups is 1.